The predicted molar refractivity (Wildman–Crippen MR) is 76.9 cm³/mol. The Morgan fingerprint density at radius 2 is 2.21 bits per heavy atom. The first-order valence-corrected chi connectivity index (χ1v) is 8.26. The molecule has 3 heteroatoms. The molecule has 0 aromatic rings. The Hall–Kier alpha value is -0.570. The molecule has 1 amide bonds. The van der Waals surface area contributed by atoms with Gasteiger partial charge in [-0.2, -0.15) is 0 Å². The lowest BCUT2D eigenvalue weighted by molar-refractivity contribution is -0.147. The summed E-state index contributed by atoms with van der Waals surface area (Å²) in [6.07, 6.45) is 8.68. The molecule has 0 aromatic carbocycles. The van der Waals surface area contributed by atoms with E-state index in [1.54, 1.807) is 0 Å². The van der Waals surface area contributed by atoms with Crippen LogP contribution < -0.4 is 5.32 Å². The molecule has 2 aliphatic heterocycles. The molecule has 0 radical (unpaired) electrons. The van der Waals surface area contributed by atoms with E-state index in [0.717, 1.165) is 38.5 Å². The van der Waals surface area contributed by atoms with Crippen molar-refractivity contribution in [3.63, 3.8) is 0 Å². The summed E-state index contributed by atoms with van der Waals surface area (Å²) in [5.41, 5.74) is -0.0338. The summed E-state index contributed by atoms with van der Waals surface area (Å²) in [6, 6.07) is 0. The molecule has 3 fully saturated rings. The van der Waals surface area contributed by atoms with Gasteiger partial charge in [0.05, 0.1) is 5.41 Å². The number of piperidine rings is 1. The first-order chi connectivity index (χ1) is 9.26. The number of hydrogen-bond acceptors (Lipinski definition) is 2. The fourth-order valence-electron chi connectivity index (χ4n) is 4.57. The van der Waals surface area contributed by atoms with Crippen LogP contribution >= 0.6 is 0 Å². The van der Waals surface area contributed by atoms with E-state index in [4.69, 9.17) is 0 Å². The molecule has 19 heavy (non-hydrogen) atoms. The summed E-state index contributed by atoms with van der Waals surface area (Å²) in [4.78, 5) is 15.3. The van der Waals surface area contributed by atoms with Gasteiger partial charge >= 0.3 is 0 Å². The van der Waals surface area contributed by atoms with Crippen LogP contribution in [0.5, 0.6) is 0 Å². The maximum atomic E-state index is 13.1. The Bertz CT molecular complexity index is 344. The van der Waals surface area contributed by atoms with Crippen LogP contribution in [0.15, 0.2) is 0 Å². The van der Waals surface area contributed by atoms with Crippen molar-refractivity contribution in [2.75, 3.05) is 26.2 Å². The van der Waals surface area contributed by atoms with E-state index in [-0.39, 0.29) is 5.41 Å². The van der Waals surface area contributed by atoms with E-state index in [0.29, 0.717) is 11.8 Å². The number of carbonyl (C=O) groups excluding carboxylic acids is 1. The molecule has 3 nitrogen and oxygen atoms in total. The number of likely N-dealkylation sites (tertiary alicyclic amines) is 1. The number of amides is 1. The number of fused-ring (bicyclic) bond motifs is 1. The van der Waals surface area contributed by atoms with Crippen LogP contribution in [0, 0.1) is 17.3 Å². The largest absolute Gasteiger partial charge is 0.342 e. The van der Waals surface area contributed by atoms with E-state index in [2.05, 4.69) is 17.1 Å². The van der Waals surface area contributed by atoms with Crippen LogP contribution in [0.25, 0.3) is 0 Å². The lowest BCUT2D eigenvalue weighted by Gasteiger charge is -2.43. The number of nitrogens with one attached hydrogen (secondary N) is 1. The van der Waals surface area contributed by atoms with E-state index in [1.165, 1.54) is 38.5 Å². The minimum absolute atomic E-state index is 0.0338. The Morgan fingerprint density at radius 1 is 1.32 bits per heavy atom. The third-order valence-corrected chi connectivity index (χ3v) is 5.85. The van der Waals surface area contributed by atoms with Crippen molar-refractivity contribution in [3.8, 4) is 0 Å². The second-order valence-electron chi connectivity index (χ2n) is 6.90. The second kappa shape index (κ2) is 5.43. The number of hydrogen-bond donors (Lipinski definition) is 1. The van der Waals surface area contributed by atoms with Gasteiger partial charge < -0.3 is 10.2 Å². The topological polar surface area (TPSA) is 32.3 Å². The van der Waals surface area contributed by atoms with Crippen molar-refractivity contribution >= 4 is 5.91 Å². The van der Waals surface area contributed by atoms with E-state index >= 15 is 0 Å². The Labute approximate surface area is 117 Å². The summed E-state index contributed by atoms with van der Waals surface area (Å²) in [7, 11) is 0. The van der Waals surface area contributed by atoms with Crippen LogP contribution in [-0.4, -0.2) is 37.0 Å². The minimum atomic E-state index is -0.0338. The van der Waals surface area contributed by atoms with Crippen molar-refractivity contribution in [2.24, 2.45) is 17.3 Å². The van der Waals surface area contributed by atoms with Crippen LogP contribution in [0.3, 0.4) is 0 Å². The highest BCUT2D eigenvalue weighted by molar-refractivity contribution is 5.84. The summed E-state index contributed by atoms with van der Waals surface area (Å²) < 4.78 is 0. The molecule has 1 saturated carbocycles. The minimum Gasteiger partial charge on any atom is -0.342 e. The first kappa shape index (κ1) is 13.4. The third kappa shape index (κ3) is 2.31. The number of nitrogens with zero attached hydrogens (tertiary/aromatic N) is 1. The molecule has 3 atom stereocenters. The summed E-state index contributed by atoms with van der Waals surface area (Å²) in [5, 5.41) is 3.50. The normalized spacial score (nSPS) is 39.1. The standard InChI is InChI=1S/C16H28N2O/c1-2-13-6-5-9-18(11-13)15(19)16-8-4-3-7-14(16)10-17-12-16/h13-14,17H,2-12H2,1H3/t13?,14-,16+/m0/s1. The first-order valence-electron chi connectivity index (χ1n) is 8.26. The molecule has 1 aliphatic carbocycles. The van der Waals surface area contributed by atoms with E-state index in [1.807, 2.05) is 0 Å². The highest BCUT2D eigenvalue weighted by atomic mass is 16.2. The van der Waals surface area contributed by atoms with Crippen molar-refractivity contribution < 1.29 is 4.79 Å². The molecule has 0 bridgehead atoms. The average molecular weight is 264 g/mol. The van der Waals surface area contributed by atoms with Gasteiger partial charge in [0.25, 0.3) is 0 Å². The predicted octanol–water partition coefficient (Wildman–Crippen LogP) is 2.41. The molecule has 0 spiro atoms. The van der Waals surface area contributed by atoms with Gasteiger partial charge in [-0.3, -0.25) is 4.79 Å². The SMILES string of the molecule is CCC1CCCN(C(=O)[C@@]23CCCC[C@H]2CNC3)C1. The molecule has 3 rings (SSSR count). The number of carbonyl (C=O) groups is 1. The van der Waals surface area contributed by atoms with Crippen molar-refractivity contribution in [3.05, 3.63) is 0 Å². The van der Waals surface area contributed by atoms with Crippen molar-refractivity contribution in [1.82, 2.24) is 10.2 Å². The molecule has 1 N–H and O–H groups in total. The quantitative estimate of drug-likeness (QED) is 0.830. The molecular weight excluding hydrogens is 236 g/mol. The number of rotatable bonds is 2. The highest BCUT2D eigenvalue weighted by Crippen LogP contribution is 2.45. The zero-order valence-electron chi connectivity index (χ0n) is 12.3. The summed E-state index contributed by atoms with van der Waals surface area (Å²) in [5.74, 6) is 1.83. The zero-order chi connectivity index (χ0) is 13.3. The van der Waals surface area contributed by atoms with Crippen molar-refractivity contribution in [1.29, 1.82) is 0 Å². The van der Waals surface area contributed by atoms with Gasteiger partial charge in [0.2, 0.25) is 5.91 Å². The molecule has 1 unspecified atom stereocenters. The van der Waals surface area contributed by atoms with Gasteiger partial charge in [0.15, 0.2) is 0 Å². The smallest absolute Gasteiger partial charge is 0.230 e. The monoisotopic (exact) mass is 264 g/mol. The van der Waals surface area contributed by atoms with Gasteiger partial charge in [0, 0.05) is 19.6 Å². The van der Waals surface area contributed by atoms with Gasteiger partial charge in [0.1, 0.15) is 0 Å². The van der Waals surface area contributed by atoms with Crippen molar-refractivity contribution in [2.45, 2.75) is 51.9 Å². The molecule has 2 saturated heterocycles. The van der Waals surface area contributed by atoms with Crippen LogP contribution in [0.2, 0.25) is 0 Å². The summed E-state index contributed by atoms with van der Waals surface area (Å²) in [6.45, 7) is 6.28. The fourth-order valence-corrected chi connectivity index (χ4v) is 4.57. The zero-order valence-corrected chi connectivity index (χ0v) is 12.3. The van der Waals surface area contributed by atoms with Crippen LogP contribution in [-0.2, 0) is 4.79 Å². The Balaban J connectivity index is 1.74. The molecule has 0 aromatic heterocycles. The molecule has 3 aliphatic rings. The third-order valence-electron chi connectivity index (χ3n) is 5.85. The lowest BCUT2D eigenvalue weighted by Crippen LogP contribution is -2.52. The van der Waals surface area contributed by atoms with Crippen LogP contribution in [0.1, 0.15) is 51.9 Å². The maximum absolute atomic E-state index is 13.1. The van der Waals surface area contributed by atoms with Gasteiger partial charge in [-0.25, -0.2) is 0 Å². The highest BCUT2D eigenvalue weighted by Gasteiger charge is 2.51. The van der Waals surface area contributed by atoms with Gasteiger partial charge in [-0.15, -0.1) is 0 Å². The van der Waals surface area contributed by atoms with Crippen LogP contribution in [0.4, 0.5) is 0 Å². The fraction of sp³-hybridized carbons (Fsp3) is 0.938. The van der Waals surface area contributed by atoms with Gasteiger partial charge in [-0.1, -0.05) is 26.2 Å². The summed E-state index contributed by atoms with van der Waals surface area (Å²) >= 11 is 0. The molecular formula is C16H28N2O. The Kier molecular flexibility index (Phi) is 3.84. The Morgan fingerprint density at radius 3 is 3.05 bits per heavy atom. The van der Waals surface area contributed by atoms with E-state index < -0.39 is 0 Å². The van der Waals surface area contributed by atoms with Gasteiger partial charge in [-0.05, 0) is 44.1 Å². The second-order valence-corrected chi connectivity index (χ2v) is 6.90. The lowest BCUT2D eigenvalue weighted by atomic mass is 9.67. The molecule has 108 valence electrons. The van der Waals surface area contributed by atoms with E-state index in [9.17, 15) is 4.79 Å². The maximum Gasteiger partial charge on any atom is 0.230 e. The average Bonchev–Trinajstić information content (AvgIpc) is 2.91. The molecule has 2 heterocycles.